The minimum Gasteiger partial charge on any atom is -0.481 e. The maximum atomic E-state index is 12.6. The highest BCUT2D eigenvalue weighted by atomic mass is 19.4. The summed E-state index contributed by atoms with van der Waals surface area (Å²) in [6, 6.07) is 0. The first-order valence-corrected chi connectivity index (χ1v) is 4.04. The lowest BCUT2D eigenvalue weighted by Crippen LogP contribution is -2.38. The molecular weight excluding hydrogens is 241 g/mol. The van der Waals surface area contributed by atoms with Crippen molar-refractivity contribution in [3.8, 4) is 0 Å². The van der Waals surface area contributed by atoms with E-state index in [2.05, 4.69) is 0 Å². The molecule has 0 spiro atoms. The van der Waals surface area contributed by atoms with Crippen LogP contribution in [-0.4, -0.2) is 35.6 Å². The molecule has 1 aliphatic rings. The van der Waals surface area contributed by atoms with Crippen LogP contribution in [0.15, 0.2) is 0 Å². The number of carboxylic acid groups (broad SMARTS) is 1. The fourth-order valence-electron chi connectivity index (χ4n) is 1.28. The molecule has 0 unspecified atom stereocenters. The molecule has 2 atom stereocenters. The zero-order chi connectivity index (χ0) is 12.7. The molecule has 2 N–H and O–H groups in total. The predicted octanol–water partition coefficient (Wildman–Crippen LogP) is 0.631. The summed E-state index contributed by atoms with van der Waals surface area (Å²) in [6.07, 6.45) is -5.16. The fraction of sp³-hybridized carbons (Fsp3) is 0.714. The first kappa shape index (κ1) is 12.7. The molecule has 0 aromatic rings. The van der Waals surface area contributed by atoms with E-state index in [0.717, 1.165) is 0 Å². The van der Waals surface area contributed by atoms with Crippen molar-refractivity contribution in [2.24, 2.45) is 11.8 Å². The standard InChI is InChI=1S/C7H6F5NO3/c8-6(9)2(3(6)4(14)15)1-13-5(16)7(10,11)12/h2-3H,1H2,(H,13,16)(H,14,15)/t2-,3+/m1/s1. The molecule has 0 aromatic heterocycles. The van der Waals surface area contributed by atoms with Crippen molar-refractivity contribution < 1.29 is 36.6 Å². The molecule has 0 heterocycles. The van der Waals surface area contributed by atoms with Crippen LogP contribution in [0.4, 0.5) is 22.0 Å². The van der Waals surface area contributed by atoms with Crippen LogP contribution >= 0.6 is 0 Å². The van der Waals surface area contributed by atoms with E-state index in [9.17, 15) is 31.5 Å². The third-order valence-electron chi connectivity index (χ3n) is 2.21. The Labute approximate surface area is 85.4 Å². The van der Waals surface area contributed by atoms with Gasteiger partial charge >= 0.3 is 18.1 Å². The summed E-state index contributed by atoms with van der Waals surface area (Å²) in [6.45, 7) is -1.01. The Kier molecular flexibility index (Phi) is 2.82. The van der Waals surface area contributed by atoms with E-state index >= 15 is 0 Å². The molecule has 0 radical (unpaired) electrons. The van der Waals surface area contributed by atoms with Crippen LogP contribution in [0.5, 0.6) is 0 Å². The van der Waals surface area contributed by atoms with Crippen LogP contribution in [0.25, 0.3) is 0 Å². The third-order valence-corrected chi connectivity index (χ3v) is 2.21. The van der Waals surface area contributed by atoms with Gasteiger partial charge in [0.2, 0.25) is 0 Å². The lowest BCUT2D eigenvalue weighted by molar-refractivity contribution is -0.173. The van der Waals surface area contributed by atoms with Gasteiger partial charge in [-0.25, -0.2) is 8.78 Å². The van der Waals surface area contributed by atoms with Crippen LogP contribution in [0.1, 0.15) is 0 Å². The molecule has 0 aliphatic heterocycles. The maximum absolute atomic E-state index is 12.6. The lowest BCUT2D eigenvalue weighted by atomic mass is 10.3. The third kappa shape index (κ3) is 2.22. The zero-order valence-corrected chi connectivity index (χ0v) is 7.52. The Morgan fingerprint density at radius 3 is 2.12 bits per heavy atom. The van der Waals surface area contributed by atoms with Crippen molar-refractivity contribution in [3.63, 3.8) is 0 Å². The van der Waals surface area contributed by atoms with Crippen molar-refractivity contribution in [1.82, 2.24) is 5.32 Å². The number of halogens is 5. The maximum Gasteiger partial charge on any atom is 0.471 e. The number of hydrogen-bond donors (Lipinski definition) is 2. The number of carboxylic acids is 1. The van der Waals surface area contributed by atoms with E-state index in [0.29, 0.717) is 0 Å². The molecular formula is C7H6F5NO3. The van der Waals surface area contributed by atoms with Crippen LogP contribution < -0.4 is 5.32 Å². The van der Waals surface area contributed by atoms with E-state index in [1.807, 2.05) is 0 Å². The fourth-order valence-corrected chi connectivity index (χ4v) is 1.28. The average molecular weight is 247 g/mol. The van der Waals surface area contributed by atoms with Gasteiger partial charge in [0.1, 0.15) is 5.92 Å². The molecule has 92 valence electrons. The van der Waals surface area contributed by atoms with Crippen molar-refractivity contribution in [1.29, 1.82) is 0 Å². The minimum absolute atomic E-state index is 1.01. The first-order valence-electron chi connectivity index (χ1n) is 4.04. The van der Waals surface area contributed by atoms with Gasteiger partial charge in [0.05, 0.1) is 5.92 Å². The van der Waals surface area contributed by atoms with E-state index < -0.39 is 42.4 Å². The molecule has 9 heteroatoms. The molecule has 0 saturated heterocycles. The summed E-state index contributed by atoms with van der Waals surface area (Å²) in [5, 5.41) is 9.49. The second-order valence-electron chi connectivity index (χ2n) is 3.30. The number of carbonyl (C=O) groups excluding carboxylic acids is 1. The van der Waals surface area contributed by atoms with Crippen LogP contribution in [0.3, 0.4) is 0 Å². The Morgan fingerprint density at radius 1 is 1.31 bits per heavy atom. The SMILES string of the molecule is O=C(O)[C@@H]1[C@@H](CNC(=O)C(F)(F)F)C1(F)F. The molecule has 0 aromatic carbocycles. The van der Waals surface area contributed by atoms with E-state index in [1.165, 1.54) is 5.32 Å². The normalized spacial score (nSPS) is 27.3. The van der Waals surface area contributed by atoms with E-state index in [-0.39, 0.29) is 0 Å². The Balaban J connectivity index is 2.48. The number of aliphatic carboxylic acids is 1. The highest BCUT2D eigenvalue weighted by Gasteiger charge is 2.72. The minimum atomic E-state index is -5.16. The van der Waals surface area contributed by atoms with Gasteiger partial charge in [-0.15, -0.1) is 0 Å². The van der Waals surface area contributed by atoms with Crippen LogP contribution in [-0.2, 0) is 9.59 Å². The number of hydrogen-bond acceptors (Lipinski definition) is 2. The second-order valence-corrected chi connectivity index (χ2v) is 3.30. The predicted molar refractivity (Wildman–Crippen MR) is 38.6 cm³/mol. The molecule has 1 saturated carbocycles. The number of amides is 1. The lowest BCUT2D eigenvalue weighted by Gasteiger charge is -2.06. The summed E-state index contributed by atoms with van der Waals surface area (Å²) in [7, 11) is 0. The summed E-state index contributed by atoms with van der Waals surface area (Å²) in [4.78, 5) is 20.5. The molecule has 1 aliphatic carbocycles. The van der Waals surface area contributed by atoms with Crippen molar-refractivity contribution in [2.45, 2.75) is 12.1 Å². The van der Waals surface area contributed by atoms with Gasteiger partial charge in [-0.2, -0.15) is 13.2 Å². The van der Waals surface area contributed by atoms with Gasteiger partial charge in [0.15, 0.2) is 0 Å². The van der Waals surface area contributed by atoms with Gasteiger partial charge in [0, 0.05) is 6.54 Å². The van der Waals surface area contributed by atoms with Crippen molar-refractivity contribution in [2.75, 3.05) is 6.54 Å². The Hall–Kier alpha value is -1.41. The topological polar surface area (TPSA) is 66.4 Å². The number of carbonyl (C=O) groups is 2. The first-order chi connectivity index (χ1) is 7.08. The van der Waals surface area contributed by atoms with E-state index in [1.54, 1.807) is 0 Å². The Morgan fingerprint density at radius 2 is 1.81 bits per heavy atom. The summed E-state index contributed by atoms with van der Waals surface area (Å²) in [5.74, 6) is -11.5. The van der Waals surface area contributed by atoms with Crippen molar-refractivity contribution in [3.05, 3.63) is 0 Å². The van der Waals surface area contributed by atoms with Gasteiger partial charge < -0.3 is 10.4 Å². The summed E-state index contributed by atoms with van der Waals surface area (Å²) < 4.78 is 60.2. The largest absolute Gasteiger partial charge is 0.481 e. The molecule has 16 heavy (non-hydrogen) atoms. The quantitative estimate of drug-likeness (QED) is 0.719. The van der Waals surface area contributed by atoms with Gasteiger partial charge in [-0.1, -0.05) is 0 Å². The van der Waals surface area contributed by atoms with E-state index in [4.69, 9.17) is 5.11 Å². The van der Waals surface area contributed by atoms with Gasteiger partial charge in [-0.05, 0) is 0 Å². The Bertz CT molecular complexity index is 326. The smallest absolute Gasteiger partial charge is 0.471 e. The number of alkyl halides is 5. The number of nitrogens with one attached hydrogen (secondary N) is 1. The molecule has 1 amide bonds. The van der Waals surface area contributed by atoms with Crippen LogP contribution in [0, 0.1) is 11.8 Å². The molecule has 4 nitrogen and oxygen atoms in total. The summed E-state index contributed by atoms with van der Waals surface area (Å²) in [5.41, 5.74) is 0. The molecule has 0 bridgehead atoms. The zero-order valence-electron chi connectivity index (χ0n) is 7.52. The van der Waals surface area contributed by atoms with Crippen LogP contribution in [0.2, 0.25) is 0 Å². The number of rotatable bonds is 3. The van der Waals surface area contributed by atoms with Gasteiger partial charge in [0.25, 0.3) is 5.92 Å². The highest BCUT2D eigenvalue weighted by Crippen LogP contribution is 2.54. The molecule has 1 rings (SSSR count). The van der Waals surface area contributed by atoms with Crippen molar-refractivity contribution >= 4 is 11.9 Å². The monoisotopic (exact) mass is 247 g/mol. The molecule has 1 fully saturated rings. The van der Waals surface area contributed by atoms with Gasteiger partial charge in [-0.3, -0.25) is 9.59 Å². The second kappa shape index (κ2) is 3.56. The highest BCUT2D eigenvalue weighted by molar-refractivity contribution is 5.82. The average Bonchev–Trinajstić information content (AvgIpc) is 2.62. The summed E-state index contributed by atoms with van der Waals surface area (Å²) >= 11 is 0.